The molecule has 1 amide bonds. The van der Waals surface area contributed by atoms with Crippen LogP contribution in [-0.2, 0) is 4.79 Å². The number of anilines is 1. The molecular formula is C21H32IN7O. The molecule has 0 radical (unpaired) electrons. The predicted molar refractivity (Wildman–Crippen MR) is 130 cm³/mol. The smallest absolute Gasteiger partial charge is 0.227 e. The van der Waals surface area contributed by atoms with E-state index in [4.69, 9.17) is 4.99 Å². The highest BCUT2D eigenvalue weighted by molar-refractivity contribution is 14.0. The van der Waals surface area contributed by atoms with Gasteiger partial charge in [0.15, 0.2) is 5.96 Å². The fourth-order valence-electron chi connectivity index (χ4n) is 3.53. The van der Waals surface area contributed by atoms with Gasteiger partial charge in [-0.1, -0.05) is 13.0 Å². The largest absolute Gasteiger partial charge is 0.357 e. The molecule has 0 saturated carbocycles. The minimum atomic E-state index is -0.0792. The van der Waals surface area contributed by atoms with Crippen molar-refractivity contribution in [2.24, 2.45) is 10.9 Å². The Balaban J connectivity index is 0.00000320. The number of carbonyl (C=O) groups excluding carboxylic acids is 1. The molecule has 9 heteroatoms. The number of likely N-dealkylation sites (tertiary alicyclic amines) is 1. The second-order valence-corrected chi connectivity index (χ2v) is 7.54. The molecule has 2 aromatic rings. The van der Waals surface area contributed by atoms with Crippen molar-refractivity contribution < 1.29 is 4.79 Å². The van der Waals surface area contributed by atoms with Gasteiger partial charge in [-0.25, -0.2) is 9.97 Å². The number of piperidine rings is 1. The van der Waals surface area contributed by atoms with E-state index in [-0.39, 0.29) is 29.9 Å². The molecule has 2 unspecified atom stereocenters. The summed E-state index contributed by atoms with van der Waals surface area (Å²) in [4.78, 5) is 27.6. The molecule has 1 saturated heterocycles. The van der Waals surface area contributed by atoms with Crippen LogP contribution in [0.25, 0.3) is 0 Å². The number of carbonyl (C=O) groups is 1. The lowest BCUT2D eigenvalue weighted by Crippen LogP contribution is -2.49. The molecule has 1 fully saturated rings. The Kier molecular flexibility index (Phi) is 9.54. The van der Waals surface area contributed by atoms with Crippen LogP contribution in [0, 0.1) is 12.8 Å². The quantitative estimate of drug-likeness (QED) is 0.344. The van der Waals surface area contributed by atoms with E-state index in [0.29, 0.717) is 30.7 Å². The molecule has 1 aliphatic heterocycles. The highest BCUT2D eigenvalue weighted by Crippen LogP contribution is 2.27. The zero-order valence-corrected chi connectivity index (χ0v) is 20.2. The van der Waals surface area contributed by atoms with Crippen LogP contribution in [-0.4, -0.2) is 57.5 Å². The first-order valence-electron chi connectivity index (χ1n) is 10.3. The topological polar surface area (TPSA) is 87.4 Å². The van der Waals surface area contributed by atoms with Gasteiger partial charge in [0.25, 0.3) is 0 Å². The maximum atomic E-state index is 12.2. The average Bonchev–Trinajstić information content (AvgIpc) is 3.24. The lowest BCUT2D eigenvalue weighted by atomic mass is 9.93. The average molecular weight is 525 g/mol. The van der Waals surface area contributed by atoms with Crippen molar-refractivity contribution in [1.82, 2.24) is 24.8 Å². The number of hydrogen-bond donors (Lipinski definition) is 2. The molecule has 2 aromatic heterocycles. The van der Waals surface area contributed by atoms with Crippen LogP contribution >= 0.6 is 24.0 Å². The third kappa shape index (κ3) is 6.68. The lowest BCUT2D eigenvalue weighted by Gasteiger charge is -2.39. The summed E-state index contributed by atoms with van der Waals surface area (Å²) in [5.74, 6) is 1.94. The molecule has 0 spiro atoms. The number of aryl methyl sites for hydroxylation is 1. The molecular weight excluding hydrogens is 493 g/mol. The van der Waals surface area contributed by atoms with Gasteiger partial charge in [0, 0.05) is 44.6 Å². The molecule has 2 atom stereocenters. The number of aromatic nitrogens is 3. The number of nitrogens with one attached hydrogen (secondary N) is 2. The van der Waals surface area contributed by atoms with E-state index < -0.39 is 0 Å². The minimum Gasteiger partial charge on any atom is -0.357 e. The van der Waals surface area contributed by atoms with Crippen molar-refractivity contribution in [2.45, 2.75) is 39.7 Å². The monoisotopic (exact) mass is 525 g/mol. The Bertz CT molecular complexity index is 807. The van der Waals surface area contributed by atoms with Gasteiger partial charge in [0.1, 0.15) is 5.82 Å². The molecule has 0 bridgehead atoms. The van der Waals surface area contributed by atoms with Crippen molar-refractivity contribution in [3.05, 3.63) is 42.6 Å². The van der Waals surface area contributed by atoms with E-state index in [9.17, 15) is 4.79 Å². The second-order valence-electron chi connectivity index (χ2n) is 7.54. The van der Waals surface area contributed by atoms with Crippen molar-refractivity contribution in [3.63, 3.8) is 0 Å². The van der Waals surface area contributed by atoms with Gasteiger partial charge in [-0.3, -0.25) is 9.79 Å². The Hall–Kier alpha value is -2.17. The first-order valence-corrected chi connectivity index (χ1v) is 10.3. The fourth-order valence-corrected chi connectivity index (χ4v) is 3.53. The summed E-state index contributed by atoms with van der Waals surface area (Å²) < 4.78 is 2.18. The van der Waals surface area contributed by atoms with Crippen molar-refractivity contribution in [3.8, 4) is 0 Å². The molecule has 8 nitrogen and oxygen atoms in total. The van der Waals surface area contributed by atoms with E-state index >= 15 is 0 Å². The van der Waals surface area contributed by atoms with E-state index in [1.165, 1.54) is 0 Å². The Morgan fingerprint density at radius 2 is 2.20 bits per heavy atom. The van der Waals surface area contributed by atoms with Crippen molar-refractivity contribution in [2.75, 3.05) is 31.5 Å². The normalized spacial score (nSPS) is 19.2. The van der Waals surface area contributed by atoms with Gasteiger partial charge >= 0.3 is 0 Å². The number of amides is 1. The summed E-state index contributed by atoms with van der Waals surface area (Å²) in [6, 6.07) is 4.11. The first kappa shape index (κ1) is 24.1. The van der Waals surface area contributed by atoms with E-state index in [2.05, 4.69) is 43.9 Å². The lowest BCUT2D eigenvalue weighted by molar-refractivity contribution is -0.116. The van der Waals surface area contributed by atoms with Crippen LogP contribution < -0.4 is 10.6 Å². The molecule has 0 aromatic carbocycles. The standard InChI is InChI=1S/C21H31N7O.HI/c1-4-23-21(24-9-7-20(29)26-19-6-5-16(2)13-25-19)27-11-8-17(3)18(14-27)28-12-10-22-15-28;/h5-6,10,12-13,15,17-18H,4,7-9,11,14H2,1-3H3,(H,23,24)(H,25,26,29);1H. The zero-order chi connectivity index (χ0) is 20.6. The zero-order valence-electron chi connectivity index (χ0n) is 17.9. The highest BCUT2D eigenvalue weighted by atomic mass is 127. The number of imidazole rings is 1. The summed E-state index contributed by atoms with van der Waals surface area (Å²) in [5.41, 5.74) is 1.06. The molecule has 164 valence electrons. The number of hydrogen-bond acceptors (Lipinski definition) is 4. The number of halogens is 1. The van der Waals surface area contributed by atoms with Crippen LogP contribution in [0.3, 0.4) is 0 Å². The highest BCUT2D eigenvalue weighted by Gasteiger charge is 2.28. The van der Waals surface area contributed by atoms with Crippen LogP contribution in [0.4, 0.5) is 5.82 Å². The molecule has 1 aliphatic rings. The van der Waals surface area contributed by atoms with Crippen molar-refractivity contribution in [1.29, 1.82) is 0 Å². The summed E-state index contributed by atoms with van der Waals surface area (Å²) >= 11 is 0. The number of aliphatic imine (C=N–C) groups is 1. The number of pyridine rings is 1. The predicted octanol–water partition coefficient (Wildman–Crippen LogP) is 3.08. The Morgan fingerprint density at radius 3 is 2.87 bits per heavy atom. The minimum absolute atomic E-state index is 0. The van der Waals surface area contributed by atoms with Crippen LogP contribution in [0.2, 0.25) is 0 Å². The SMILES string of the molecule is CCNC(=NCCC(=O)Nc1ccc(C)cn1)N1CCC(C)C(n2ccnc2)C1.I. The second kappa shape index (κ2) is 11.9. The van der Waals surface area contributed by atoms with Gasteiger partial charge in [-0.2, -0.15) is 0 Å². The van der Waals surface area contributed by atoms with Crippen LogP contribution in [0.15, 0.2) is 42.0 Å². The van der Waals surface area contributed by atoms with Gasteiger partial charge in [0.2, 0.25) is 5.91 Å². The Morgan fingerprint density at radius 1 is 1.37 bits per heavy atom. The fraction of sp³-hybridized carbons (Fsp3) is 0.524. The Labute approximate surface area is 195 Å². The van der Waals surface area contributed by atoms with Gasteiger partial charge in [0.05, 0.1) is 18.9 Å². The maximum absolute atomic E-state index is 12.2. The van der Waals surface area contributed by atoms with E-state index in [0.717, 1.165) is 37.6 Å². The molecule has 2 N–H and O–H groups in total. The molecule has 3 rings (SSSR count). The third-order valence-corrected chi connectivity index (χ3v) is 5.24. The van der Waals surface area contributed by atoms with Crippen molar-refractivity contribution >= 4 is 41.7 Å². The number of guanidine groups is 1. The summed E-state index contributed by atoms with van der Waals surface area (Å²) in [5, 5.41) is 6.19. The molecule has 30 heavy (non-hydrogen) atoms. The van der Waals surface area contributed by atoms with E-state index in [1.807, 2.05) is 37.8 Å². The summed E-state index contributed by atoms with van der Waals surface area (Å²) in [6.07, 6.45) is 8.89. The summed E-state index contributed by atoms with van der Waals surface area (Å²) in [6.45, 7) is 9.37. The molecule has 0 aliphatic carbocycles. The van der Waals surface area contributed by atoms with E-state index in [1.54, 1.807) is 6.20 Å². The number of rotatable bonds is 6. The number of nitrogens with zero attached hydrogens (tertiary/aromatic N) is 5. The van der Waals surface area contributed by atoms with Gasteiger partial charge < -0.3 is 20.1 Å². The maximum Gasteiger partial charge on any atom is 0.227 e. The van der Waals surface area contributed by atoms with Gasteiger partial charge in [-0.15, -0.1) is 24.0 Å². The summed E-state index contributed by atoms with van der Waals surface area (Å²) in [7, 11) is 0. The molecule has 3 heterocycles. The van der Waals surface area contributed by atoms with Crippen LogP contribution in [0.1, 0.15) is 38.3 Å². The third-order valence-electron chi connectivity index (χ3n) is 5.24. The first-order chi connectivity index (χ1) is 14.1. The van der Waals surface area contributed by atoms with Crippen LogP contribution in [0.5, 0.6) is 0 Å². The van der Waals surface area contributed by atoms with Gasteiger partial charge in [-0.05, 0) is 37.8 Å².